The molecule has 0 aliphatic carbocycles. The molecule has 186 valence electrons. The number of pyridine rings is 2. The van der Waals surface area contributed by atoms with Crippen molar-refractivity contribution in [1.82, 2.24) is 19.4 Å². The second-order valence-electron chi connectivity index (χ2n) is 9.85. The number of rotatable bonds is 2. The van der Waals surface area contributed by atoms with E-state index in [4.69, 9.17) is 19.2 Å². The van der Waals surface area contributed by atoms with Crippen molar-refractivity contribution in [1.29, 1.82) is 0 Å². The van der Waals surface area contributed by atoms with Gasteiger partial charge in [0.1, 0.15) is 19.8 Å². The van der Waals surface area contributed by atoms with Gasteiger partial charge in [-0.2, -0.15) is 0 Å². The van der Waals surface area contributed by atoms with Crippen molar-refractivity contribution in [2.45, 2.75) is 25.8 Å². The molecule has 1 aromatic carbocycles. The van der Waals surface area contributed by atoms with Crippen LogP contribution in [0.5, 0.6) is 11.5 Å². The van der Waals surface area contributed by atoms with Crippen LogP contribution < -0.4 is 15.0 Å². The lowest BCUT2D eigenvalue weighted by Crippen LogP contribution is -2.44. The first-order chi connectivity index (χ1) is 17.5. The van der Waals surface area contributed by atoms with Crippen LogP contribution in [0.3, 0.4) is 0 Å². The van der Waals surface area contributed by atoms with Gasteiger partial charge in [-0.3, -0.25) is 9.69 Å². The van der Waals surface area contributed by atoms with Gasteiger partial charge in [0.15, 0.2) is 17.6 Å². The van der Waals surface area contributed by atoms with Gasteiger partial charge in [0.25, 0.3) is 5.56 Å². The van der Waals surface area contributed by atoms with E-state index >= 15 is 0 Å². The molecule has 6 heterocycles. The molecule has 1 fully saturated rings. The van der Waals surface area contributed by atoms with Crippen LogP contribution in [0.25, 0.3) is 22.3 Å². The minimum Gasteiger partial charge on any atom is -0.486 e. The van der Waals surface area contributed by atoms with Gasteiger partial charge in [-0.1, -0.05) is 0 Å². The van der Waals surface area contributed by atoms with E-state index in [9.17, 15) is 14.7 Å². The smallest absolute Gasteiger partial charge is 0.340 e. The summed E-state index contributed by atoms with van der Waals surface area (Å²) in [5.41, 5.74) is 4.48. The van der Waals surface area contributed by atoms with E-state index in [0.29, 0.717) is 60.3 Å². The van der Waals surface area contributed by atoms with Crippen molar-refractivity contribution in [3.63, 3.8) is 0 Å². The van der Waals surface area contributed by atoms with Crippen molar-refractivity contribution in [3.05, 3.63) is 50.8 Å². The predicted octanol–water partition coefficient (Wildman–Crippen LogP) is 1.03. The summed E-state index contributed by atoms with van der Waals surface area (Å²) in [7, 11) is 2.13. The first-order valence-corrected chi connectivity index (χ1v) is 12.3. The van der Waals surface area contributed by atoms with E-state index in [1.165, 1.54) is 0 Å². The molecular weight excluding hydrogens is 464 g/mol. The lowest BCUT2D eigenvalue weighted by Gasteiger charge is -2.33. The van der Waals surface area contributed by atoms with Crippen molar-refractivity contribution < 1.29 is 24.1 Å². The number of aliphatic hydroxyl groups is 1. The van der Waals surface area contributed by atoms with E-state index in [1.54, 1.807) is 10.6 Å². The second kappa shape index (κ2) is 8.02. The van der Waals surface area contributed by atoms with Crippen molar-refractivity contribution >= 4 is 16.9 Å². The van der Waals surface area contributed by atoms with Crippen molar-refractivity contribution in [2.24, 2.45) is 0 Å². The number of aliphatic hydroxyl groups excluding tert-OH is 1. The Bertz CT molecular complexity index is 1490. The van der Waals surface area contributed by atoms with Crippen LogP contribution in [0, 0.1) is 0 Å². The number of likely N-dealkylation sites (N-methyl/N-ethyl adjacent to an activating group) is 1. The normalized spacial score (nSPS) is 21.2. The molecule has 3 aromatic rings. The third kappa shape index (κ3) is 3.18. The number of ether oxygens (including phenoxy) is 3. The molecular formula is C26H26N4O6. The van der Waals surface area contributed by atoms with Gasteiger partial charge in [0, 0.05) is 43.9 Å². The minimum atomic E-state index is -1.47. The highest BCUT2D eigenvalue weighted by atomic mass is 16.6. The molecule has 36 heavy (non-hydrogen) atoms. The Hall–Kier alpha value is -3.47. The molecule has 1 saturated heterocycles. The SMILES string of the molecule is CN1CCN(Cc2c3c(nc4ccc5c(c24)OCCO5)-c2cc4c(c(=O)n2C3)COC(=O)[C@H]4O)CC1. The molecule has 1 N–H and O–H groups in total. The maximum atomic E-state index is 13.5. The molecule has 0 radical (unpaired) electrons. The highest BCUT2D eigenvalue weighted by Gasteiger charge is 2.35. The first-order valence-electron chi connectivity index (χ1n) is 12.3. The number of esters is 1. The number of hydrogen-bond donors (Lipinski definition) is 1. The van der Waals surface area contributed by atoms with Gasteiger partial charge < -0.3 is 28.8 Å². The van der Waals surface area contributed by atoms with Crippen LogP contribution in [0.4, 0.5) is 0 Å². The molecule has 4 aliphatic heterocycles. The fourth-order valence-electron chi connectivity index (χ4n) is 5.72. The van der Waals surface area contributed by atoms with E-state index < -0.39 is 12.1 Å². The quantitative estimate of drug-likeness (QED) is 0.413. The number of carbonyl (C=O) groups is 1. The van der Waals surface area contributed by atoms with Crippen LogP contribution in [0.2, 0.25) is 0 Å². The number of fused-ring (bicyclic) bond motifs is 7. The number of hydrogen-bond acceptors (Lipinski definition) is 9. The zero-order valence-electron chi connectivity index (χ0n) is 20.0. The van der Waals surface area contributed by atoms with E-state index in [2.05, 4.69) is 16.8 Å². The summed E-state index contributed by atoms with van der Waals surface area (Å²) in [6.45, 7) is 5.74. The zero-order valence-corrected chi connectivity index (χ0v) is 20.0. The summed E-state index contributed by atoms with van der Waals surface area (Å²) in [6.07, 6.45) is -1.47. The lowest BCUT2D eigenvalue weighted by molar-refractivity contribution is -0.157. The summed E-state index contributed by atoms with van der Waals surface area (Å²) in [5, 5.41) is 11.4. The summed E-state index contributed by atoms with van der Waals surface area (Å²) in [6, 6.07) is 5.54. The highest BCUT2D eigenvalue weighted by Crippen LogP contribution is 2.44. The number of nitrogens with zero attached hydrogens (tertiary/aromatic N) is 4. The van der Waals surface area contributed by atoms with Gasteiger partial charge >= 0.3 is 5.97 Å². The molecule has 0 saturated carbocycles. The fraction of sp³-hybridized carbons (Fsp3) is 0.423. The van der Waals surface area contributed by atoms with E-state index in [-0.39, 0.29) is 12.2 Å². The average molecular weight is 491 g/mol. The second-order valence-corrected chi connectivity index (χ2v) is 9.85. The highest BCUT2D eigenvalue weighted by molar-refractivity contribution is 5.95. The van der Waals surface area contributed by atoms with Crippen molar-refractivity contribution in [2.75, 3.05) is 46.4 Å². The Balaban J connectivity index is 1.45. The molecule has 0 unspecified atom stereocenters. The van der Waals surface area contributed by atoms with Gasteiger partial charge in [-0.15, -0.1) is 0 Å². The minimum absolute atomic E-state index is 0.136. The van der Waals surface area contributed by atoms with Gasteiger partial charge in [0.2, 0.25) is 0 Å². The largest absolute Gasteiger partial charge is 0.486 e. The molecule has 0 spiro atoms. The summed E-state index contributed by atoms with van der Waals surface area (Å²) in [4.78, 5) is 35.2. The van der Waals surface area contributed by atoms with Crippen LogP contribution in [-0.2, 0) is 29.2 Å². The molecule has 2 aromatic heterocycles. The molecule has 0 amide bonds. The zero-order chi connectivity index (χ0) is 24.6. The topological polar surface area (TPSA) is 106 Å². The summed E-state index contributed by atoms with van der Waals surface area (Å²) < 4.78 is 18.7. The van der Waals surface area contributed by atoms with Crippen molar-refractivity contribution in [3.8, 4) is 22.9 Å². The summed E-state index contributed by atoms with van der Waals surface area (Å²) >= 11 is 0. The Labute approximate surface area is 206 Å². The number of cyclic esters (lactones) is 1. The van der Waals surface area contributed by atoms with E-state index in [1.807, 2.05) is 12.1 Å². The number of piperazine rings is 1. The van der Waals surface area contributed by atoms with Gasteiger partial charge in [-0.25, -0.2) is 9.78 Å². The fourth-order valence-corrected chi connectivity index (χ4v) is 5.72. The van der Waals surface area contributed by atoms with Crippen LogP contribution in [0.15, 0.2) is 23.0 Å². The molecule has 0 bridgehead atoms. The van der Waals surface area contributed by atoms with E-state index in [0.717, 1.165) is 48.2 Å². The van der Waals surface area contributed by atoms with Gasteiger partial charge in [0.05, 0.1) is 34.4 Å². The Kier molecular flexibility index (Phi) is 4.85. The predicted molar refractivity (Wildman–Crippen MR) is 129 cm³/mol. The first kappa shape index (κ1) is 21.8. The van der Waals surface area contributed by atoms with Crippen LogP contribution in [0.1, 0.15) is 28.4 Å². The number of carbonyl (C=O) groups excluding carboxylic acids is 1. The molecule has 10 heteroatoms. The monoisotopic (exact) mass is 490 g/mol. The molecule has 7 rings (SSSR count). The van der Waals surface area contributed by atoms with Crippen LogP contribution in [-0.4, -0.2) is 76.9 Å². The number of aromatic nitrogens is 2. The maximum Gasteiger partial charge on any atom is 0.340 e. The van der Waals surface area contributed by atoms with Crippen LogP contribution >= 0.6 is 0 Å². The lowest BCUT2D eigenvalue weighted by atomic mass is 9.97. The third-order valence-corrected chi connectivity index (χ3v) is 7.72. The standard InChI is InChI=1S/C26H26N4O6/c1-28-4-6-29(7-5-28)11-15-16-12-30-19(10-14-17(25(30)32)13-36-26(33)23(14)31)22(16)27-18-2-3-20-24(21(15)18)35-9-8-34-20/h2-3,10,23,31H,4-9,11-13H2,1H3/t23-/m0/s1. The maximum absolute atomic E-state index is 13.5. The molecule has 10 nitrogen and oxygen atoms in total. The Morgan fingerprint density at radius 1 is 1.06 bits per heavy atom. The number of benzene rings is 1. The Morgan fingerprint density at radius 2 is 1.86 bits per heavy atom. The molecule has 1 atom stereocenters. The Morgan fingerprint density at radius 3 is 2.69 bits per heavy atom. The third-order valence-electron chi connectivity index (χ3n) is 7.72. The van der Waals surface area contributed by atoms with Gasteiger partial charge in [-0.05, 0) is 30.8 Å². The molecule has 4 aliphatic rings. The average Bonchev–Trinajstić information content (AvgIpc) is 3.26. The summed E-state index contributed by atoms with van der Waals surface area (Å²) in [5.74, 6) is 0.670.